The number of nitrogens with one attached hydrogen (secondary N) is 1. The third kappa shape index (κ3) is 4.02. The Morgan fingerprint density at radius 3 is 2.40 bits per heavy atom. The van der Waals surface area contributed by atoms with E-state index in [1.165, 1.54) is 18.4 Å². The average Bonchev–Trinajstić information content (AvgIpc) is 2.44. The molecule has 0 radical (unpaired) electrons. The number of aromatic nitrogens is 1. The minimum atomic E-state index is 0.234. The molecule has 1 aromatic heterocycles. The highest BCUT2D eigenvalue weighted by molar-refractivity contribution is 6.43. The van der Waals surface area contributed by atoms with Crippen LogP contribution in [0.2, 0.25) is 15.2 Å². The van der Waals surface area contributed by atoms with Crippen molar-refractivity contribution in [2.75, 3.05) is 5.32 Å². The van der Waals surface area contributed by atoms with Gasteiger partial charge in [-0.25, -0.2) is 4.98 Å². The van der Waals surface area contributed by atoms with Gasteiger partial charge in [-0.1, -0.05) is 60.3 Å². The Kier molecular flexibility index (Phi) is 5.53. The molecule has 0 atom stereocenters. The number of aryl methyl sites for hydroxylation is 1. The SMILES string of the molecule is CCCCc1ccc(Nc2nc(Cl)c(Cl)cc2Cl)cc1. The van der Waals surface area contributed by atoms with Crippen LogP contribution in [-0.4, -0.2) is 4.98 Å². The first-order valence-electron chi connectivity index (χ1n) is 6.47. The smallest absolute Gasteiger partial charge is 0.151 e. The molecule has 0 saturated heterocycles. The van der Waals surface area contributed by atoms with Gasteiger partial charge in [0.15, 0.2) is 5.82 Å². The summed E-state index contributed by atoms with van der Waals surface area (Å²) in [6.45, 7) is 2.19. The quantitative estimate of drug-likeness (QED) is 0.668. The molecule has 1 aromatic carbocycles. The Bertz CT molecular complexity index is 582. The number of anilines is 2. The van der Waals surface area contributed by atoms with Crippen LogP contribution in [0.3, 0.4) is 0 Å². The van der Waals surface area contributed by atoms with Crippen LogP contribution in [0.25, 0.3) is 0 Å². The molecule has 0 unspecified atom stereocenters. The van der Waals surface area contributed by atoms with Gasteiger partial charge >= 0.3 is 0 Å². The molecule has 0 fully saturated rings. The van der Waals surface area contributed by atoms with Crippen LogP contribution in [0, 0.1) is 0 Å². The van der Waals surface area contributed by atoms with Crippen molar-refractivity contribution in [3.8, 4) is 0 Å². The monoisotopic (exact) mass is 328 g/mol. The van der Waals surface area contributed by atoms with Crippen LogP contribution in [0.1, 0.15) is 25.3 Å². The molecule has 0 saturated carbocycles. The van der Waals surface area contributed by atoms with E-state index in [0.29, 0.717) is 15.9 Å². The highest BCUT2D eigenvalue weighted by Crippen LogP contribution is 2.30. The maximum Gasteiger partial charge on any atom is 0.151 e. The lowest BCUT2D eigenvalue weighted by molar-refractivity contribution is 0.795. The first-order chi connectivity index (χ1) is 9.60. The number of hydrogen-bond acceptors (Lipinski definition) is 2. The summed E-state index contributed by atoms with van der Waals surface area (Å²) in [5.41, 5.74) is 2.24. The number of pyridine rings is 1. The van der Waals surface area contributed by atoms with Gasteiger partial charge in [-0.3, -0.25) is 0 Å². The highest BCUT2D eigenvalue weighted by atomic mass is 35.5. The first-order valence-corrected chi connectivity index (χ1v) is 7.61. The van der Waals surface area contributed by atoms with E-state index in [9.17, 15) is 0 Å². The summed E-state index contributed by atoms with van der Waals surface area (Å²) in [6, 6.07) is 9.79. The molecule has 1 N–H and O–H groups in total. The van der Waals surface area contributed by atoms with Crippen molar-refractivity contribution < 1.29 is 0 Å². The van der Waals surface area contributed by atoms with Crippen LogP contribution in [0.4, 0.5) is 11.5 Å². The summed E-state index contributed by atoms with van der Waals surface area (Å²) >= 11 is 17.8. The second-order valence-corrected chi connectivity index (χ2v) is 5.69. The molecular weight excluding hydrogens is 315 g/mol. The zero-order valence-electron chi connectivity index (χ0n) is 11.1. The lowest BCUT2D eigenvalue weighted by atomic mass is 10.1. The number of unbranched alkanes of at least 4 members (excludes halogenated alkanes) is 1. The Balaban J connectivity index is 2.12. The normalized spacial score (nSPS) is 10.6. The number of hydrogen-bond donors (Lipinski definition) is 1. The predicted molar refractivity (Wildman–Crippen MR) is 87.6 cm³/mol. The van der Waals surface area contributed by atoms with Gasteiger partial charge in [0.25, 0.3) is 0 Å². The van der Waals surface area contributed by atoms with E-state index in [-0.39, 0.29) is 5.15 Å². The third-order valence-electron chi connectivity index (χ3n) is 2.92. The molecule has 2 aromatic rings. The van der Waals surface area contributed by atoms with Crippen molar-refractivity contribution in [2.24, 2.45) is 0 Å². The van der Waals surface area contributed by atoms with Crippen LogP contribution < -0.4 is 5.32 Å². The fourth-order valence-electron chi connectivity index (χ4n) is 1.80. The average molecular weight is 330 g/mol. The van der Waals surface area contributed by atoms with Gasteiger partial charge in [-0.15, -0.1) is 0 Å². The molecule has 0 bridgehead atoms. The molecular formula is C15H15Cl3N2. The number of halogens is 3. The van der Waals surface area contributed by atoms with Crippen LogP contribution in [0.15, 0.2) is 30.3 Å². The number of nitrogens with zero attached hydrogens (tertiary/aromatic N) is 1. The molecule has 0 amide bonds. The summed E-state index contributed by atoms with van der Waals surface area (Å²) in [7, 11) is 0. The molecule has 0 aliphatic rings. The zero-order chi connectivity index (χ0) is 14.5. The van der Waals surface area contributed by atoms with Gasteiger partial charge < -0.3 is 5.32 Å². The minimum Gasteiger partial charge on any atom is -0.339 e. The van der Waals surface area contributed by atoms with E-state index < -0.39 is 0 Å². The summed E-state index contributed by atoms with van der Waals surface area (Å²) in [6.07, 6.45) is 3.50. The predicted octanol–water partition coefficient (Wildman–Crippen LogP) is 6.13. The lowest BCUT2D eigenvalue weighted by Crippen LogP contribution is -1.95. The maximum absolute atomic E-state index is 6.08. The van der Waals surface area contributed by atoms with Crippen molar-refractivity contribution >= 4 is 46.3 Å². The topological polar surface area (TPSA) is 24.9 Å². The van der Waals surface area contributed by atoms with Gasteiger partial charge in [0.2, 0.25) is 0 Å². The Morgan fingerprint density at radius 1 is 1.05 bits per heavy atom. The van der Waals surface area contributed by atoms with Crippen LogP contribution >= 0.6 is 34.8 Å². The van der Waals surface area contributed by atoms with E-state index >= 15 is 0 Å². The van der Waals surface area contributed by atoms with Crippen LogP contribution in [-0.2, 0) is 6.42 Å². The van der Waals surface area contributed by atoms with E-state index in [1.54, 1.807) is 6.07 Å². The molecule has 0 aliphatic heterocycles. The second-order valence-electron chi connectivity index (χ2n) is 4.52. The van der Waals surface area contributed by atoms with Gasteiger partial charge in [-0.05, 0) is 36.6 Å². The maximum atomic E-state index is 6.08. The Morgan fingerprint density at radius 2 is 1.75 bits per heavy atom. The van der Waals surface area contributed by atoms with Gasteiger partial charge in [0.1, 0.15) is 5.15 Å². The van der Waals surface area contributed by atoms with Crippen molar-refractivity contribution in [3.05, 3.63) is 51.1 Å². The highest BCUT2D eigenvalue weighted by Gasteiger charge is 2.08. The zero-order valence-corrected chi connectivity index (χ0v) is 13.4. The van der Waals surface area contributed by atoms with Crippen molar-refractivity contribution in [3.63, 3.8) is 0 Å². The summed E-state index contributed by atoms with van der Waals surface area (Å²) < 4.78 is 0. The van der Waals surface area contributed by atoms with Crippen molar-refractivity contribution in [1.82, 2.24) is 4.98 Å². The molecule has 2 rings (SSSR count). The number of rotatable bonds is 5. The van der Waals surface area contributed by atoms with Gasteiger partial charge in [0.05, 0.1) is 10.0 Å². The molecule has 5 heteroatoms. The fourth-order valence-corrected chi connectivity index (χ4v) is 2.35. The molecule has 0 aliphatic carbocycles. The standard InChI is InChI=1S/C15H15Cl3N2/c1-2-3-4-10-5-7-11(8-6-10)19-15-13(17)9-12(16)14(18)20-15/h5-9H,2-4H2,1H3,(H,19,20). The molecule has 1 heterocycles. The Labute approximate surface area is 134 Å². The van der Waals surface area contributed by atoms with Crippen molar-refractivity contribution in [1.29, 1.82) is 0 Å². The van der Waals surface area contributed by atoms with E-state index in [0.717, 1.165) is 12.1 Å². The van der Waals surface area contributed by atoms with Gasteiger partial charge in [-0.2, -0.15) is 0 Å². The molecule has 20 heavy (non-hydrogen) atoms. The van der Waals surface area contributed by atoms with Crippen LogP contribution in [0.5, 0.6) is 0 Å². The summed E-state index contributed by atoms with van der Waals surface area (Å²) in [4.78, 5) is 4.13. The molecule has 0 spiro atoms. The second kappa shape index (κ2) is 7.16. The largest absolute Gasteiger partial charge is 0.339 e. The molecule has 106 valence electrons. The lowest BCUT2D eigenvalue weighted by Gasteiger charge is -2.09. The van der Waals surface area contributed by atoms with E-state index in [1.807, 2.05) is 12.1 Å². The number of benzene rings is 1. The van der Waals surface area contributed by atoms with E-state index in [4.69, 9.17) is 34.8 Å². The van der Waals surface area contributed by atoms with E-state index in [2.05, 4.69) is 29.4 Å². The van der Waals surface area contributed by atoms with Crippen molar-refractivity contribution in [2.45, 2.75) is 26.2 Å². The minimum absolute atomic E-state index is 0.234. The summed E-state index contributed by atoms with van der Waals surface area (Å²) in [5.74, 6) is 0.502. The first kappa shape index (κ1) is 15.4. The summed E-state index contributed by atoms with van der Waals surface area (Å²) in [5, 5.41) is 4.16. The third-order valence-corrected chi connectivity index (χ3v) is 3.88. The fraction of sp³-hybridized carbons (Fsp3) is 0.267. The Hall–Kier alpha value is -0.960. The van der Waals surface area contributed by atoms with Gasteiger partial charge in [0, 0.05) is 5.69 Å². The molecule has 2 nitrogen and oxygen atoms in total.